The van der Waals surface area contributed by atoms with E-state index < -0.39 is 10.0 Å². The van der Waals surface area contributed by atoms with Crippen LogP contribution in [0.2, 0.25) is 0 Å². The van der Waals surface area contributed by atoms with Crippen LogP contribution >= 0.6 is 0 Å². The minimum atomic E-state index is -3.48. The molecule has 1 aliphatic heterocycles. The van der Waals surface area contributed by atoms with E-state index in [2.05, 4.69) is 18.5 Å². The molecule has 0 spiro atoms. The SMILES string of the molecule is C=CCN(CC=C)S(=O)(=O)c1ccc2c(c1)CCN2. The van der Waals surface area contributed by atoms with E-state index in [1.807, 2.05) is 6.07 Å². The number of benzene rings is 1. The third-order valence-electron chi connectivity index (χ3n) is 3.09. The molecule has 102 valence electrons. The van der Waals surface area contributed by atoms with Crippen molar-refractivity contribution < 1.29 is 8.42 Å². The predicted octanol–water partition coefficient (Wildman–Crippen LogP) is 2.02. The van der Waals surface area contributed by atoms with Crippen LogP contribution in [0.25, 0.3) is 0 Å². The first-order chi connectivity index (χ1) is 9.09. The summed E-state index contributed by atoms with van der Waals surface area (Å²) in [4.78, 5) is 0.332. The maximum atomic E-state index is 12.5. The lowest BCUT2D eigenvalue weighted by atomic mass is 10.2. The second kappa shape index (κ2) is 5.59. The number of rotatable bonds is 6. The van der Waals surface area contributed by atoms with Gasteiger partial charge in [-0.05, 0) is 30.2 Å². The molecule has 1 aromatic rings. The maximum absolute atomic E-state index is 12.5. The van der Waals surface area contributed by atoms with E-state index in [0.717, 1.165) is 24.2 Å². The molecule has 0 atom stereocenters. The molecule has 0 bridgehead atoms. The summed E-state index contributed by atoms with van der Waals surface area (Å²) in [5.41, 5.74) is 2.08. The standard InChI is InChI=1S/C14H18N2O2S/c1-3-9-16(10-4-2)19(17,18)13-5-6-14-12(11-13)7-8-15-14/h3-6,11,15H,1-2,7-10H2. The summed E-state index contributed by atoms with van der Waals surface area (Å²) in [5, 5.41) is 3.22. The van der Waals surface area contributed by atoms with Gasteiger partial charge in [0.05, 0.1) is 4.90 Å². The average Bonchev–Trinajstić information content (AvgIpc) is 2.85. The minimum absolute atomic E-state index is 0.281. The molecule has 1 heterocycles. The van der Waals surface area contributed by atoms with E-state index >= 15 is 0 Å². The van der Waals surface area contributed by atoms with Crippen LogP contribution in [0, 0.1) is 0 Å². The fraction of sp³-hybridized carbons (Fsp3) is 0.286. The Morgan fingerprint density at radius 2 is 1.95 bits per heavy atom. The highest BCUT2D eigenvalue weighted by molar-refractivity contribution is 7.89. The van der Waals surface area contributed by atoms with Gasteiger partial charge in [0.2, 0.25) is 10.0 Å². The molecule has 0 radical (unpaired) electrons. The lowest BCUT2D eigenvalue weighted by Crippen LogP contribution is -2.31. The van der Waals surface area contributed by atoms with Gasteiger partial charge in [-0.25, -0.2) is 8.42 Å². The van der Waals surface area contributed by atoms with E-state index in [4.69, 9.17) is 0 Å². The van der Waals surface area contributed by atoms with Crippen LogP contribution in [0.1, 0.15) is 5.56 Å². The van der Waals surface area contributed by atoms with Crippen LogP contribution in [-0.4, -0.2) is 32.4 Å². The van der Waals surface area contributed by atoms with E-state index in [0.29, 0.717) is 4.90 Å². The molecule has 0 saturated carbocycles. The van der Waals surface area contributed by atoms with Crippen LogP contribution < -0.4 is 5.32 Å². The third-order valence-corrected chi connectivity index (χ3v) is 4.92. The van der Waals surface area contributed by atoms with Gasteiger partial charge in [-0.1, -0.05) is 12.2 Å². The van der Waals surface area contributed by atoms with Crippen LogP contribution in [-0.2, 0) is 16.4 Å². The molecule has 1 aliphatic rings. The smallest absolute Gasteiger partial charge is 0.243 e. The molecule has 0 aromatic heterocycles. The van der Waals surface area contributed by atoms with Gasteiger partial charge in [-0.2, -0.15) is 4.31 Å². The lowest BCUT2D eigenvalue weighted by Gasteiger charge is -2.19. The van der Waals surface area contributed by atoms with Crippen molar-refractivity contribution in [3.8, 4) is 0 Å². The first-order valence-corrected chi connectivity index (χ1v) is 7.62. The van der Waals surface area contributed by atoms with Gasteiger partial charge < -0.3 is 5.32 Å². The van der Waals surface area contributed by atoms with Crippen LogP contribution in [0.4, 0.5) is 5.69 Å². The van der Waals surface area contributed by atoms with Crippen molar-refractivity contribution in [1.29, 1.82) is 0 Å². The number of anilines is 1. The molecule has 5 heteroatoms. The Morgan fingerprint density at radius 3 is 2.58 bits per heavy atom. The summed E-state index contributed by atoms with van der Waals surface area (Å²) in [6, 6.07) is 5.23. The fourth-order valence-corrected chi connectivity index (χ4v) is 3.58. The Hall–Kier alpha value is -1.59. The lowest BCUT2D eigenvalue weighted by molar-refractivity contribution is 0.474. The molecule has 19 heavy (non-hydrogen) atoms. The van der Waals surface area contributed by atoms with E-state index in [-0.39, 0.29) is 13.1 Å². The first kappa shape index (κ1) is 13.8. The number of sulfonamides is 1. The number of fused-ring (bicyclic) bond motifs is 1. The maximum Gasteiger partial charge on any atom is 0.243 e. The molecule has 0 amide bonds. The van der Waals surface area contributed by atoms with Crippen LogP contribution in [0.5, 0.6) is 0 Å². The monoisotopic (exact) mass is 278 g/mol. The molecule has 1 N–H and O–H groups in total. The highest BCUT2D eigenvalue weighted by Gasteiger charge is 2.24. The van der Waals surface area contributed by atoms with Crippen molar-refractivity contribution in [3.63, 3.8) is 0 Å². The normalized spacial score (nSPS) is 13.9. The number of nitrogens with zero attached hydrogens (tertiary/aromatic N) is 1. The van der Waals surface area contributed by atoms with Gasteiger partial charge >= 0.3 is 0 Å². The predicted molar refractivity (Wildman–Crippen MR) is 77.8 cm³/mol. The van der Waals surface area contributed by atoms with Crippen molar-refractivity contribution in [1.82, 2.24) is 4.31 Å². The highest BCUT2D eigenvalue weighted by Crippen LogP contribution is 2.26. The molecule has 0 fully saturated rings. The summed E-state index contributed by atoms with van der Waals surface area (Å²) in [6.45, 7) is 8.62. The number of nitrogens with one attached hydrogen (secondary N) is 1. The zero-order valence-electron chi connectivity index (χ0n) is 10.8. The summed E-state index contributed by atoms with van der Waals surface area (Å²) >= 11 is 0. The zero-order chi connectivity index (χ0) is 13.9. The minimum Gasteiger partial charge on any atom is -0.384 e. The summed E-state index contributed by atoms with van der Waals surface area (Å²) in [6.07, 6.45) is 4.02. The second-order valence-electron chi connectivity index (χ2n) is 4.40. The Bertz CT molecular complexity index is 583. The highest BCUT2D eigenvalue weighted by atomic mass is 32.2. The molecule has 0 unspecified atom stereocenters. The fourth-order valence-electron chi connectivity index (χ4n) is 2.15. The summed E-state index contributed by atoms with van der Waals surface area (Å²) in [5.74, 6) is 0. The van der Waals surface area contributed by atoms with E-state index in [1.165, 1.54) is 4.31 Å². The topological polar surface area (TPSA) is 49.4 Å². The largest absolute Gasteiger partial charge is 0.384 e. The van der Waals surface area contributed by atoms with Gasteiger partial charge in [-0.15, -0.1) is 13.2 Å². The van der Waals surface area contributed by atoms with Crippen molar-refractivity contribution in [2.45, 2.75) is 11.3 Å². The summed E-state index contributed by atoms with van der Waals surface area (Å²) < 4.78 is 26.4. The Kier molecular flexibility index (Phi) is 4.07. The van der Waals surface area contributed by atoms with Crippen LogP contribution in [0.3, 0.4) is 0 Å². The van der Waals surface area contributed by atoms with E-state index in [9.17, 15) is 8.42 Å². The second-order valence-corrected chi connectivity index (χ2v) is 6.33. The zero-order valence-corrected chi connectivity index (χ0v) is 11.6. The van der Waals surface area contributed by atoms with Gasteiger partial charge in [-0.3, -0.25) is 0 Å². The summed E-state index contributed by atoms with van der Waals surface area (Å²) in [7, 11) is -3.48. The van der Waals surface area contributed by atoms with Gasteiger partial charge in [0.1, 0.15) is 0 Å². The molecule has 0 saturated heterocycles. The van der Waals surface area contributed by atoms with Gasteiger partial charge in [0, 0.05) is 25.3 Å². The van der Waals surface area contributed by atoms with Gasteiger partial charge in [0.25, 0.3) is 0 Å². The van der Waals surface area contributed by atoms with Crippen molar-refractivity contribution in [3.05, 3.63) is 49.1 Å². The molecular formula is C14H18N2O2S. The number of hydrogen-bond donors (Lipinski definition) is 1. The Morgan fingerprint density at radius 1 is 1.26 bits per heavy atom. The molecule has 2 rings (SSSR count). The molecule has 4 nitrogen and oxygen atoms in total. The molecule has 0 aliphatic carbocycles. The first-order valence-electron chi connectivity index (χ1n) is 6.18. The molecular weight excluding hydrogens is 260 g/mol. The Balaban J connectivity index is 2.37. The van der Waals surface area contributed by atoms with Crippen LogP contribution in [0.15, 0.2) is 48.4 Å². The molecule has 1 aromatic carbocycles. The average molecular weight is 278 g/mol. The number of hydrogen-bond acceptors (Lipinski definition) is 3. The van der Waals surface area contributed by atoms with Crippen molar-refractivity contribution >= 4 is 15.7 Å². The van der Waals surface area contributed by atoms with Crippen molar-refractivity contribution in [2.75, 3.05) is 25.0 Å². The van der Waals surface area contributed by atoms with Crippen molar-refractivity contribution in [2.24, 2.45) is 0 Å². The Labute approximate surface area is 114 Å². The third kappa shape index (κ3) is 2.72. The quantitative estimate of drug-likeness (QED) is 0.810. The van der Waals surface area contributed by atoms with Gasteiger partial charge in [0.15, 0.2) is 0 Å². The van der Waals surface area contributed by atoms with E-state index in [1.54, 1.807) is 24.3 Å².